The Balaban J connectivity index is 2.12. The van der Waals surface area contributed by atoms with Crippen molar-refractivity contribution in [1.82, 2.24) is 0 Å². The van der Waals surface area contributed by atoms with Crippen molar-refractivity contribution in [2.24, 2.45) is 0 Å². The van der Waals surface area contributed by atoms with E-state index in [1.54, 1.807) is 0 Å². The highest BCUT2D eigenvalue weighted by Gasteiger charge is 2.28. The lowest BCUT2D eigenvalue weighted by molar-refractivity contribution is 0.762. The van der Waals surface area contributed by atoms with E-state index in [9.17, 15) is 9.59 Å². The lowest BCUT2D eigenvalue weighted by Crippen LogP contribution is -2.42. The van der Waals surface area contributed by atoms with Crippen LogP contribution in [0.1, 0.15) is 24.5 Å². The zero-order valence-corrected chi connectivity index (χ0v) is 10.9. The molecule has 0 fully saturated rings. The molecule has 0 aliphatic carbocycles. The molecule has 2 aromatic carbocycles. The van der Waals surface area contributed by atoms with Gasteiger partial charge in [-0.3, -0.25) is 9.59 Å². The van der Waals surface area contributed by atoms with Gasteiger partial charge in [-0.15, -0.1) is 0 Å². The Morgan fingerprint density at radius 1 is 1.26 bits per heavy atom. The number of hydrogen-bond donors (Lipinski definition) is 1. The average Bonchev–Trinajstić information content (AvgIpc) is 2.46. The smallest absolute Gasteiger partial charge is 0.253 e. The largest absolute Gasteiger partial charge is 0.394 e. The fraction of sp³-hybridized carbons (Fsp3) is 0.333. The number of nitrogens with two attached hydrogens (primary N) is 1. The summed E-state index contributed by atoms with van der Waals surface area (Å²) in [5, 5.41) is 0. The summed E-state index contributed by atoms with van der Waals surface area (Å²) < 4.78 is 0. The molecule has 0 radical (unpaired) electrons. The molecule has 4 heteroatoms. The summed E-state index contributed by atoms with van der Waals surface area (Å²) in [4.78, 5) is 24.9. The molecular weight excluding hydrogens is 240 g/mol. The van der Waals surface area contributed by atoms with Crippen molar-refractivity contribution < 1.29 is 0 Å². The van der Waals surface area contributed by atoms with Gasteiger partial charge in [0.15, 0.2) is 0 Å². The molecule has 98 valence electrons. The lowest BCUT2D eigenvalue weighted by atomic mass is 9.97. The van der Waals surface area contributed by atoms with Crippen molar-refractivity contribution in [1.29, 1.82) is 0 Å². The third-order valence-electron chi connectivity index (χ3n) is 3.87. The van der Waals surface area contributed by atoms with Crippen LogP contribution in [0.5, 0.6) is 0 Å². The van der Waals surface area contributed by atoms with Gasteiger partial charge < -0.3 is 10.6 Å². The predicted octanol–water partition coefficient (Wildman–Crippen LogP) is 1.51. The molecule has 19 heavy (non-hydrogen) atoms. The second-order valence-corrected chi connectivity index (χ2v) is 4.99. The third kappa shape index (κ3) is 1.67. The fourth-order valence-electron chi connectivity index (χ4n) is 2.74. The molecule has 2 aromatic rings. The first-order valence-corrected chi connectivity index (χ1v) is 6.61. The second-order valence-electron chi connectivity index (χ2n) is 4.99. The number of nitrogen functional groups attached to an aromatic ring is 1. The summed E-state index contributed by atoms with van der Waals surface area (Å²) in [5.74, 6) is 0. The summed E-state index contributed by atoms with van der Waals surface area (Å²) in [6.07, 6.45) is 2.92. The molecule has 3 rings (SSSR count). The van der Waals surface area contributed by atoms with Crippen molar-refractivity contribution in [3.05, 3.63) is 49.8 Å². The van der Waals surface area contributed by atoms with E-state index in [-0.39, 0.29) is 5.69 Å². The summed E-state index contributed by atoms with van der Waals surface area (Å²) in [6.45, 7) is 2.84. The minimum Gasteiger partial charge on any atom is -0.394 e. The minimum atomic E-state index is -0.547. The van der Waals surface area contributed by atoms with E-state index in [1.807, 2.05) is 4.90 Å². The zero-order valence-electron chi connectivity index (χ0n) is 10.9. The van der Waals surface area contributed by atoms with Gasteiger partial charge >= 0.3 is 0 Å². The molecule has 0 bridgehead atoms. The highest BCUT2D eigenvalue weighted by molar-refractivity contribution is 5.80. The molecule has 0 spiro atoms. The molecule has 0 saturated heterocycles. The van der Waals surface area contributed by atoms with E-state index in [0.717, 1.165) is 31.5 Å². The van der Waals surface area contributed by atoms with E-state index in [4.69, 9.17) is 5.73 Å². The van der Waals surface area contributed by atoms with Crippen LogP contribution in [-0.2, 0) is 12.8 Å². The Hall–Kier alpha value is -2.10. The maximum absolute atomic E-state index is 11.7. The van der Waals surface area contributed by atoms with Gasteiger partial charge in [-0.05, 0) is 36.5 Å². The monoisotopic (exact) mass is 256 g/mol. The zero-order chi connectivity index (χ0) is 13.6. The van der Waals surface area contributed by atoms with Crippen LogP contribution in [0.4, 0.5) is 17.1 Å². The van der Waals surface area contributed by atoms with Crippen molar-refractivity contribution >= 4 is 17.1 Å². The van der Waals surface area contributed by atoms with Gasteiger partial charge in [0.2, 0.25) is 0 Å². The Morgan fingerprint density at radius 3 is 2.74 bits per heavy atom. The van der Waals surface area contributed by atoms with Gasteiger partial charge in [-0.2, -0.15) is 0 Å². The number of benzene rings is 1. The Morgan fingerprint density at radius 2 is 2.05 bits per heavy atom. The predicted molar refractivity (Wildman–Crippen MR) is 76.9 cm³/mol. The van der Waals surface area contributed by atoms with Crippen molar-refractivity contribution in [2.45, 2.75) is 26.2 Å². The van der Waals surface area contributed by atoms with Gasteiger partial charge in [0.25, 0.3) is 10.9 Å². The van der Waals surface area contributed by atoms with Crippen LogP contribution in [0, 0.1) is 0 Å². The Kier molecular flexibility index (Phi) is 2.66. The number of anilines is 3. The normalized spacial score (nSPS) is 14.7. The molecule has 4 nitrogen and oxygen atoms in total. The highest BCUT2D eigenvalue weighted by Crippen LogP contribution is 2.35. The molecule has 0 unspecified atom stereocenters. The van der Waals surface area contributed by atoms with Crippen LogP contribution in [0.15, 0.2) is 27.8 Å². The van der Waals surface area contributed by atoms with Crippen molar-refractivity contribution in [3.63, 3.8) is 0 Å². The lowest BCUT2D eigenvalue weighted by Gasteiger charge is -2.32. The van der Waals surface area contributed by atoms with E-state index < -0.39 is 10.9 Å². The van der Waals surface area contributed by atoms with Gasteiger partial charge in [0.05, 0.1) is 0 Å². The van der Waals surface area contributed by atoms with Crippen LogP contribution >= 0.6 is 0 Å². The molecule has 2 N–H and O–H groups in total. The maximum atomic E-state index is 11.7. The van der Waals surface area contributed by atoms with Gasteiger partial charge in [0.1, 0.15) is 11.4 Å². The van der Waals surface area contributed by atoms with Crippen LogP contribution in [0.25, 0.3) is 0 Å². The molecule has 0 atom stereocenters. The average molecular weight is 256 g/mol. The second kappa shape index (κ2) is 4.23. The van der Waals surface area contributed by atoms with Gasteiger partial charge in [-0.1, -0.05) is 19.1 Å². The number of nitrogens with zero attached hydrogens (tertiary/aromatic N) is 1. The molecule has 0 aromatic heterocycles. The van der Waals surface area contributed by atoms with E-state index in [2.05, 4.69) is 25.1 Å². The standard InChI is InChI=1S/C15H16N2O2/c1-2-9-5-6-10-4-3-7-17(11(10)8-9)13-12(16)14(18)15(13)19/h5-6,8H,2-4,7,16H2,1H3. The van der Waals surface area contributed by atoms with Crippen molar-refractivity contribution in [3.8, 4) is 0 Å². The third-order valence-corrected chi connectivity index (χ3v) is 3.87. The SMILES string of the molecule is CCc1ccc2c(c1)N(c1c(N)c(=O)c1=O)CCC2. The van der Waals surface area contributed by atoms with E-state index in [1.165, 1.54) is 11.1 Å². The first-order chi connectivity index (χ1) is 9.13. The number of fused-ring (bicyclic) bond motifs is 1. The highest BCUT2D eigenvalue weighted by atomic mass is 16.2. The van der Waals surface area contributed by atoms with Gasteiger partial charge in [0, 0.05) is 12.2 Å². The number of aryl methyl sites for hydroxylation is 2. The van der Waals surface area contributed by atoms with Crippen LogP contribution < -0.4 is 21.5 Å². The van der Waals surface area contributed by atoms with E-state index in [0.29, 0.717) is 5.69 Å². The topological polar surface area (TPSA) is 63.4 Å². The Labute approximate surface area is 111 Å². The van der Waals surface area contributed by atoms with Gasteiger partial charge in [-0.25, -0.2) is 0 Å². The quantitative estimate of drug-likeness (QED) is 0.827. The Bertz CT molecular complexity index is 711. The summed E-state index contributed by atoms with van der Waals surface area (Å²) >= 11 is 0. The number of hydrogen-bond acceptors (Lipinski definition) is 4. The molecule has 1 aliphatic heterocycles. The summed E-state index contributed by atoms with van der Waals surface area (Å²) in [5.41, 5.74) is 8.66. The molecule has 0 saturated carbocycles. The van der Waals surface area contributed by atoms with Crippen molar-refractivity contribution in [2.75, 3.05) is 17.2 Å². The fourth-order valence-corrected chi connectivity index (χ4v) is 2.74. The minimum absolute atomic E-state index is 0.111. The first kappa shape index (κ1) is 12.0. The van der Waals surface area contributed by atoms with Crippen LogP contribution in [-0.4, -0.2) is 6.54 Å². The maximum Gasteiger partial charge on any atom is 0.253 e. The van der Waals surface area contributed by atoms with E-state index >= 15 is 0 Å². The molecule has 1 aliphatic rings. The number of rotatable bonds is 2. The first-order valence-electron chi connectivity index (χ1n) is 6.61. The summed E-state index contributed by atoms with van der Waals surface area (Å²) in [7, 11) is 0. The molecule has 1 heterocycles. The van der Waals surface area contributed by atoms with Crippen LogP contribution in [0.2, 0.25) is 0 Å². The molecular formula is C15H16N2O2. The van der Waals surface area contributed by atoms with Crippen LogP contribution in [0.3, 0.4) is 0 Å². The molecule has 0 amide bonds. The summed E-state index contributed by atoms with van der Waals surface area (Å²) in [6, 6.07) is 6.33.